The summed E-state index contributed by atoms with van der Waals surface area (Å²) in [5, 5.41) is 0. The Balaban J connectivity index is 2.05. The van der Waals surface area contributed by atoms with Crippen LogP contribution >= 0.6 is 0 Å². The molecule has 140 valence electrons. The minimum atomic E-state index is -0.199. The quantitative estimate of drug-likeness (QED) is 0.474. The normalized spacial score (nSPS) is 13.8. The van der Waals surface area contributed by atoms with E-state index in [4.69, 9.17) is 9.47 Å². The Morgan fingerprint density at radius 3 is 1.77 bits per heavy atom. The van der Waals surface area contributed by atoms with E-state index in [1.165, 1.54) is 11.1 Å². The Morgan fingerprint density at radius 2 is 1.35 bits per heavy atom. The molecule has 2 aromatic carbocycles. The van der Waals surface area contributed by atoms with Crippen LogP contribution in [-0.2, 0) is 4.79 Å². The third kappa shape index (κ3) is 5.62. The van der Waals surface area contributed by atoms with Crippen LogP contribution in [0.4, 0.5) is 0 Å². The summed E-state index contributed by atoms with van der Waals surface area (Å²) in [6.45, 7) is 12.2. The number of rotatable bonds is 6. The van der Waals surface area contributed by atoms with Crippen molar-refractivity contribution in [2.75, 3.05) is 0 Å². The maximum atomic E-state index is 11.9. The molecule has 0 saturated carbocycles. The smallest absolute Gasteiger partial charge is 0.314 e. The first kappa shape index (κ1) is 20.0. The van der Waals surface area contributed by atoms with E-state index in [1.54, 1.807) is 0 Å². The SMILES string of the molecule is CCC(C)C(=O)Oc1ccc(C(C)c2ccc(OC(C)(C)C)cc2)cc1. The van der Waals surface area contributed by atoms with Crippen molar-refractivity contribution in [2.45, 2.75) is 59.5 Å². The number of esters is 1. The lowest BCUT2D eigenvalue weighted by molar-refractivity contribution is -0.138. The van der Waals surface area contributed by atoms with Gasteiger partial charge in [-0.15, -0.1) is 0 Å². The predicted molar refractivity (Wildman–Crippen MR) is 106 cm³/mol. The minimum absolute atomic E-state index is 0.0811. The highest BCUT2D eigenvalue weighted by atomic mass is 16.5. The summed E-state index contributed by atoms with van der Waals surface area (Å²) in [6.07, 6.45) is 0.781. The van der Waals surface area contributed by atoms with Gasteiger partial charge < -0.3 is 9.47 Å². The number of hydrogen-bond acceptors (Lipinski definition) is 3. The second-order valence-electron chi connectivity index (χ2n) is 7.80. The summed E-state index contributed by atoms with van der Waals surface area (Å²) in [6, 6.07) is 16.0. The number of carbonyl (C=O) groups is 1. The standard InChI is InChI=1S/C23H30O3/c1-7-16(2)22(24)25-20-12-8-18(9-13-20)17(3)19-10-14-21(15-11-19)26-23(4,5)6/h8-17H,7H2,1-6H3. The molecule has 0 radical (unpaired) electrons. The van der Waals surface area contributed by atoms with Crippen LogP contribution < -0.4 is 9.47 Å². The number of hydrogen-bond donors (Lipinski definition) is 0. The number of carbonyl (C=O) groups excluding carboxylic acids is 1. The molecule has 2 unspecified atom stereocenters. The lowest BCUT2D eigenvalue weighted by Crippen LogP contribution is -2.22. The van der Waals surface area contributed by atoms with Crippen molar-refractivity contribution in [3.63, 3.8) is 0 Å². The minimum Gasteiger partial charge on any atom is -0.488 e. The van der Waals surface area contributed by atoms with Crippen molar-refractivity contribution in [3.8, 4) is 11.5 Å². The topological polar surface area (TPSA) is 35.5 Å². The Kier molecular flexibility index (Phi) is 6.47. The molecule has 0 aliphatic rings. The average molecular weight is 354 g/mol. The zero-order valence-corrected chi connectivity index (χ0v) is 16.7. The number of benzene rings is 2. The molecule has 0 heterocycles. The van der Waals surface area contributed by atoms with E-state index >= 15 is 0 Å². The van der Waals surface area contributed by atoms with Gasteiger partial charge in [0.25, 0.3) is 0 Å². The Bertz CT molecular complexity index is 709. The molecule has 2 aromatic rings. The molecule has 0 N–H and O–H groups in total. The van der Waals surface area contributed by atoms with Gasteiger partial charge in [-0.2, -0.15) is 0 Å². The summed E-state index contributed by atoms with van der Waals surface area (Å²) < 4.78 is 11.3. The Labute approximate surface area is 157 Å². The lowest BCUT2D eigenvalue weighted by atomic mass is 9.93. The third-order valence-electron chi connectivity index (χ3n) is 4.42. The zero-order valence-electron chi connectivity index (χ0n) is 16.7. The van der Waals surface area contributed by atoms with Gasteiger partial charge in [-0.3, -0.25) is 4.79 Å². The van der Waals surface area contributed by atoms with E-state index in [0.29, 0.717) is 5.75 Å². The van der Waals surface area contributed by atoms with E-state index in [9.17, 15) is 4.79 Å². The molecule has 0 aliphatic carbocycles. The van der Waals surface area contributed by atoms with E-state index in [0.717, 1.165) is 12.2 Å². The fourth-order valence-electron chi connectivity index (χ4n) is 2.58. The molecule has 0 saturated heterocycles. The molecular weight excluding hydrogens is 324 g/mol. The highest BCUT2D eigenvalue weighted by Crippen LogP contribution is 2.28. The second kappa shape index (κ2) is 8.39. The van der Waals surface area contributed by atoms with E-state index in [2.05, 4.69) is 19.1 Å². The summed E-state index contributed by atoms with van der Waals surface area (Å²) in [5.41, 5.74) is 2.20. The molecule has 3 heteroatoms. The van der Waals surface area contributed by atoms with Gasteiger partial charge >= 0.3 is 5.97 Å². The van der Waals surface area contributed by atoms with Crippen molar-refractivity contribution in [2.24, 2.45) is 5.92 Å². The van der Waals surface area contributed by atoms with Gasteiger partial charge in [0.1, 0.15) is 17.1 Å². The van der Waals surface area contributed by atoms with Crippen molar-refractivity contribution in [3.05, 3.63) is 59.7 Å². The van der Waals surface area contributed by atoms with Crippen LogP contribution in [0.15, 0.2) is 48.5 Å². The van der Waals surface area contributed by atoms with Gasteiger partial charge in [0.05, 0.1) is 5.92 Å². The van der Waals surface area contributed by atoms with E-state index in [1.807, 2.05) is 71.0 Å². The molecule has 3 nitrogen and oxygen atoms in total. The molecule has 26 heavy (non-hydrogen) atoms. The fourth-order valence-corrected chi connectivity index (χ4v) is 2.58. The summed E-state index contributed by atoms with van der Waals surface area (Å²) in [7, 11) is 0. The third-order valence-corrected chi connectivity index (χ3v) is 4.42. The molecule has 0 fully saturated rings. The predicted octanol–water partition coefficient (Wildman–Crippen LogP) is 5.97. The first-order valence-electron chi connectivity index (χ1n) is 9.30. The molecule has 0 amide bonds. The van der Waals surface area contributed by atoms with E-state index in [-0.39, 0.29) is 23.4 Å². The molecule has 0 bridgehead atoms. The van der Waals surface area contributed by atoms with Gasteiger partial charge in [0.15, 0.2) is 0 Å². The first-order valence-corrected chi connectivity index (χ1v) is 9.30. The van der Waals surface area contributed by atoms with Crippen molar-refractivity contribution in [1.29, 1.82) is 0 Å². The van der Waals surface area contributed by atoms with Crippen LogP contribution in [0.1, 0.15) is 65.0 Å². The van der Waals surface area contributed by atoms with Gasteiger partial charge in [0, 0.05) is 5.92 Å². The highest BCUT2D eigenvalue weighted by molar-refractivity contribution is 5.74. The highest BCUT2D eigenvalue weighted by Gasteiger charge is 2.15. The van der Waals surface area contributed by atoms with Crippen LogP contribution in [0.3, 0.4) is 0 Å². The van der Waals surface area contributed by atoms with Gasteiger partial charge in [-0.25, -0.2) is 0 Å². The molecular formula is C23H30O3. The van der Waals surface area contributed by atoms with Gasteiger partial charge in [0.2, 0.25) is 0 Å². The first-order chi connectivity index (χ1) is 12.2. The van der Waals surface area contributed by atoms with E-state index < -0.39 is 0 Å². The molecule has 2 atom stereocenters. The lowest BCUT2D eigenvalue weighted by Gasteiger charge is -2.22. The molecule has 0 aromatic heterocycles. The summed E-state index contributed by atoms with van der Waals surface area (Å²) >= 11 is 0. The molecule has 0 spiro atoms. The average Bonchev–Trinajstić information content (AvgIpc) is 2.60. The zero-order chi connectivity index (χ0) is 19.3. The van der Waals surface area contributed by atoms with Gasteiger partial charge in [-0.1, -0.05) is 45.0 Å². The van der Waals surface area contributed by atoms with Crippen molar-refractivity contribution in [1.82, 2.24) is 0 Å². The number of ether oxygens (including phenoxy) is 2. The summed E-state index contributed by atoms with van der Waals surface area (Å²) in [4.78, 5) is 11.9. The second-order valence-corrected chi connectivity index (χ2v) is 7.80. The Morgan fingerprint density at radius 1 is 0.885 bits per heavy atom. The van der Waals surface area contributed by atoms with Crippen LogP contribution in [0.25, 0.3) is 0 Å². The van der Waals surface area contributed by atoms with Crippen molar-refractivity contribution >= 4 is 5.97 Å². The largest absolute Gasteiger partial charge is 0.488 e. The van der Waals surface area contributed by atoms with Crippen LogP contribution in [0.2, 0.25) is 0 Å². The van der Waals surface area contributed by atoms with Crippen LogP contribution in [0, 0.1) is 5.92 Å². The fraction of sp³-hybridized carbons (Fsp3) is 0.435. The maximum absolute atomic E-state index is 11.9. The molecule has 0 aliphatic heterocycles. The van der Waals surface area contributed by atoms with Gasteiger partial charge in [-0.05, 0) is 62.6 Å². The Hall–Kier alpha value is -2.29. The molecule has 2 rings (SSSR count). The summed E-state index contributed by atoms with van der Waals surface area (Å²) in [5.74, 6) is 1.46. The van der Waals surface area contributed by atoms with Crippen LogP contribution in [0.5, 0.6) is 11.5 Å². The van der Waals surface area contributed by atoms with Crippen LogP contribution in [-0.4, -0.2) is 11.6 Å². The van der Waals surface area contributed by atoms with Crippen molar-refractivity contribution < 1.29 is 14.3 Å². The monoisotopic (exact) mass is 354 g/mol. The maximum Gasteiger partial charge on any atom is 0.314 e.